The molecule has 1 N–H and O–H groups in total. The monoisotopic (exact) mass is 277 g/mol. The van der Waals surface area contributed by atoms with Gasteiger partial charge in [-0.2, -0.15) is 0 Å². The van der Waals surface area contributed by atoms with Crippen molar-refractivity contribution >= 4 is 11.4 Å². The highest BCUT2D eigenvalue weighted by Gasteiger charge is 2.33. The molecule has 0 spiro atoms. The maximum absolute atomic E-state index is 14.2. The minimum absolute atomic E-state index is 0.0568. The summed E-state index contributed by atoms with van der Waals surface area (Å²) < 4.78 is 14.2. The number of halogens is 1. The van der Waals surface area contributed by atoms with Crippen LogP contribution in [0.25, 0.3) is 0 Å². The molecule has 0 bridgehead atoms. The predicted octanol–water partition coefficient (Wildman–Crippen LogP) is 2.31. The van der Waals surface area contributed by atoms with Crippen molar-refractivity contribution in [1.82, 2.24) is 4.90 Å². The molecule has 1 aromatic carbocycles. The fourth-order valence-corrected chi connectivity index (χ4v) is 2.94. The molecule has 0 saturated heterocycles. The molecule has 2 heterocycles. The van der Waals surface area contributed by atoms with E-state index in [0.29, 0.717) is 13.1 Å². The van der Waals surface area contributed by atoms with E-state index in [2.05, 4.69) is 5.32 Å². The predicted molar refractivity (Wildman–Crippen MR) is 74.8 cm³/mol. The Bertz CT molecular complexity index is 588. The summed E-state index contributed by atoms with van der Waals surface area (Å²) in [5, 5.41) is 14.1. The molecule has 3 rings (SSSR count). The molecule has 0 aliphatic carbocycles. The zero-order valence-corrected chi connectivity index (χ0v) is 11.2. The van der Waals surface area contributed by atoms with Crippen LogP contribution in [0.3, 0.4) is 0 Å². The Kier molecular flexibility index (Phi) is 3.17. The second-order valence-corrected chi connectivity index (χ2v) is 5.36. The zero-order chi connectivity index (χ0) is 14.3. The number of nitrogens with one attached hydrogen (secondary N) is 1. The van der Waals surface area contributed by atoms with Crippen molar-refractivity contribution in [3.63, 3.8) is 0 Å². The Labute approximate surface area is 116 Å². The number of hydrogen-bond acceptors (Lipinski definition) is 4. The van der Waals surface area contributed by atoms with Gasteiger partial charge in [-0.15, -0.1) is 0 Å². The van der Waals surface area contributed by atoms with Crippen molar-refractivity contribution < 1.29 is 9.31 Å². The second kappa shape index (κ2) is 4.86. The van der Waals surface area contributed by atoms with Gasteiger partial charge in [0, 0.05) is 43.4 Å². The number of hydrogen-bond donors (Lipinski definition) is 1. The lowest BCUT2D eigenvalue weighted by atomic mass is 9.88. The van der Waals surface area contributed by atoms with E-state index in [-0.39, 0.29) is 11.6 Å². The highest BCUT2D eigenvalue weighted by atomic mass is 19.1. The third-order valence-electron chi connectivity index (χ3n) is 3.99. The Hall–Kier alpha value is -1.95. The van der Waals surface area contributed by atoms with E-state index >= 15 is 0 Å². The lowest BCUT2D eigenvalue weighted by Crippen LogP contribution is -2.34. The molecule has 0 fully saturated rings. The van der Waals surface area contributed by atoms with E-state index < -0.39 is 11.1 Å². The van der Waals surface area contributed by atoms with Crippen molar-refractivity contribution in [2.24, 2.45) is 0 Å². The first-order valence-electron chi connectivity index (χ1n) is 6.61. The number of fused-ring (bicyclic) bond motifs is 1. The molecule has 1 aromatic rings. The van der Waals surface area contributed by atoms with Crippen LogP contribution in [0.15, 0.2) is 29.8 Å². The number of benzene rings is 1. The Morgan fingerprint density at radius 2 is 2.30 bits per heavy atom. The van der Waals surface area contributed by atoms with Crippen LogP contribution in [0.1, 0.15) is 11.5 Å². The maximum Gasteiger partial charge on any atom is 0.269 e. The van der Waals surface area contributed by atoms with Crippen LogP contribution < -0.4 is 5.32 Å². The van der Waals surface area contributed by atoms with Crippen LogP contribution in [-0.4, -0.2) is 42.7 Å². The van der Waals surface area contributed by atoms with Gasteiger partial charge in [0.15, 0.2) is 0 Å². The molecular weight excluding hydrogens is 261 g/mol. The molecule has 2 aliphatic heterocycles. The lowest BCUT2D eigenvalue weighted by Gasteiger charge is -2.28. The molecule has 0 saturated carbocycles. The van der Waals surface area contributed by atoms with Crippen LogP contribution >= 0.6 is 0 Å². The first-order chi connectivity index (χ1) is 9.56. The lowest BCUT2D eigenvalue weighted by molar-refractivity contribution is -0.384. The van der Waals surface area contributed by atoms with Gasteiger partial charge in [0.2, 0.25) is 0 Å². The van der Waals surface area contributed by atoms with Gasteiger partial charge >= 0.3 is 0 Å². The number of non-ortho nitro benzene ring substituents is 1. The van der Waals surface area contributed by atoms with Crippen molar-refractivity contribution in [3.8, 4) is 0 Å². The van der Waals surface area contributed by atoms with Gasteiger partial charge in [0.05, 0.1) is 4.92 Å². The summed E-state index contributed by atoms with van der Waals surface area (Å²) in [5.41, 5.74) is 2.50. The van der Waals surface area contributed by atoms with Gasteiger partial charge in [-0.05, 0) is 24.3 Å². The third-order valence-corrected chi connectivity index (χ3v) is 3.99. The summed E-state index contributed by atoms with van der Waals surface area (Å²) in [6.45, 7) is 1.70. The molecular formula is C14H16FN3O2. The van der Waals surface area contributed by atoms with Crippen LogP contribution in [0.4, 0.5) is 15.8 Å². The van der Waals surface area contributed by atoms with Gasteiger partial charge in [-0.25, -0.2) is 4.39 Å². The number of rotatable bonds is 2. The SMILES string of the molecule is CN1CC=C(C2CNc3ccc([N+](=O)[O-])cc32)C(F)C1. The topological polar surface area (TPSA) is 58.4 Å². The first kappa shape index (κ1) is 13.1. The summed E-state index contributed by atoms with van der Waals surface area (Å²) >= 11 is 0. The highest BCUT2D eigenvalue weighted by Crippen LogP contribution is 2.40. The Morgan fingerprint density at radius 1 is 1.50 bits per heavy atom. The average Bonchev–Trinajstić information content (AvgIpc) is 2.81. The summed E-state index contributed by atoms with van der Waals surface area (Å²) in [5.74, 6) is -0.103. The molecule has 2 aliphatic rings. The molecule has 20 heavy (non-hydrogen) atoms. The smallest absolute Gasteiger partial charge is 0.269 e. The van der Waals surface area contributed by atoms with Gasteiger partial charge in [-0.3, -0.25) is 15.0 Å². The van der Waals surface area contributed by atoms with E-state index in [9.17, 15) is 14.5 Å². The number of alkyl halides is 1. The molecule has 0 radical (unpaired) electrons. The third kappa shape index (κ3) is 2.16. The first-order valence-corrected chi connectivity index (χ1v) is 6.61. The minimum atomic E-state index is -1.01. The highest BCUT2D eigenvalue weighted by molar-refractivity contribution is 5.64. The minimum Gasteiger partial charge on any atom is -0.384 e. The summed E-state index contributed by atoms with van der Waals surface area (Å²) in [6, 6.07) is 4.74. The largest absolute Gasteiger partial charge is 0.384 e. The average molecular weight is 277 g/mol. The van der Waals surface area contributed by atoms with Crippen molar-refractivity contribution in [3.05, 3.63) is 45.5 Å². The van der Waals surface area contributed by atoms with Crippen LogP contribution in [0.2, 0.25) is 0 Å². The standard InChI is InChI=1S/C14H16FN3O2/c1-17-5-4-10(13(15)8-17)12-7-16-14-3-2-9(18(19)20)6-11(12)14/h2-4,6,12-13,16H,5,7-8H2,1H3. The molecule has 0 amide bonds. The summed E-state index contributed by atoms with van der Waals surface area (Å²) in [4.78, 5) is 12.4. The normalized spacial score (nSPS) is 25.8. The number of anilines is 1. The number of likely N-dealkylation sites (N-methyl/N-ethyl adjacent to an activating group) is 1. The Morgan fingerprint density at radius 3 is 3.00 bits per heavy atom. The quantitative estimate of drug-likeness (QED) is 0.512. The molecule has 5 nitrogen and oxygen atoms in total. The Balaban J connectivity index is 1.96. The molecule has 6 heteroatoms. The summed E-state index contributed by atoms with van der Waals surface area (Å²) in [6.07, 6.45) is 0.903. The van der Waals surface area contributed by atoms with E-state index in [1.54, 1.807) is 12.1 Å². The second-order valence-electron chi connectivity index (χ2n) is 5.36. The number of nitro benzene ring substituents is 1. The van der Waals surface area contributed by atoms with Crippen molar-refractivity contribution in [1.29, 1.82) is 0 Å². The van der Waals surface area contributed by atoms with E-state index in [1.807, 2.05) is 18.0 Å². The van der Waals surface area contributed by atoms with E-state index in [4.69, 9.17) is 0 Å². The fraction of sp³-hybridized carbons (Fsp3) is 0.429. The fourth-order valence-electron chi connectivity index (χ4n) is 2.94. The van der Waals surface area contributed by atoms with Gasteiger partial charge < -0.3 is 5.32 Å². The van der Waals surface area contributed by atoms with Gasteiger partial charge in [-0.1, -0.05) is 6.08 Å². The number of nitro groups is 1. The molecule has 0 aromatic heterocycles. The van der Waals surface area contributed by atoms with Gasteiger partial charge in [0.25, 0.3) is 5.69 Å². The molecule has 2 unspecified atom stereocenters. The summed E-state index contributed by atoms with van der Waals surface area (Å²) in [7, 11) is 1.88. The molecule has 106 valence electrons. The van der Waals surface area contributed by atoms with Crippen molar-refractivity contribution in [2.75, 3.05) is 32.0 Å². The van der Waals surface area contributed by atoms with Crippen LogP contribution in [0.5, 0.6) is 0 Å². The van der Waals surface area contributed by atoms with Gasteiger partial charge in [0.1, 0.15) is 6.17 Å². The van der Waals surface area contributed by atoms with E-state index in [0.717, 1.165) is 23.4 Å². The molecule has 2 atom stereocenters. The van der Waals surface area contributed by atoms with Crippen molar-refractivity contribution in [2.45, 2.75) is 12.1 Å². The van der Waals surface area contributed by atoms with Crippen LogP contribution in [0, 0.1) is 10.1 Å². The maximum atomic E-state index is 14.2. The van der Waals surface area contributed by atoms with E-state index in [1.165, 1.54) is 6.07 Å². The van der Waals surface area contributed by atoms with Crippen LogP contribution in [-0.2, 0) is 0 Å². The number of nitrogens with zero attached hydrogens (tertiary/aromatic N) is 2. The zero-order valence-electron chi connectivity index (χ0n) is 11.2.